The van der Waals surface area contributed by atoms with Crippen LogP contribution in [0.1, 0.15) is 24.3 Å². The van der Waals surface area contributed by atoms with E-state index in [-0.39, 0.29) is 0 Å². The van der Waals surface area contributed by atoms with Crippen molar-refractivity contribution in [1.82, 2.24) is 10.2 Å². The predicted molar refractivity (Wildman–Crippen MR) is 101 cm³/mol. The lowest BCUT2D eigenvalue weighted by Crippen LogP contribution is -2.45. The van der Waals surface area contributed by atoms with Crippen LogP contribution in [-0.2, 0) is 13.0 Å². The molecule has 0 fully saturated rings. The average molecular weight is 353 g/mol. The molecule has 0 saturated carbocycles. The summed E-state index contributed by atoms with van der Waals surface area (Å²) in [6, 6.07) is 12.6. The molecule has 2 rings (SSSR count). The molecule has 0 aliphatic rings. The van der Waals surface area contributed by atoms with Crippen molar-refractivity contribution in [3.63, 3.8) is 0 Å². The Morgan fingerprint density at radius 3 is 2.64 bits per heavy atom. The Balaban J connectivity index is 2.10. The molecule has 0 aliphatic carbocycles. The van der Waals surface area contributed by atoms with Gasteiger partial charge in [-0.05, 0) is 55.2 Å². The van der Waals surface area contributed by atoms with E-state index in [0.29, 0.717) is 6.04 Å². The lowest BCUT2D eigenvalue weighted by atomic mass is 10.1. The molecule has 0 saturated heterocycles. The third-order valence-corrected chi connectivity index (χ3v) is 4.99. The van der Waals surface area contributed by atoms with Crippen molar-refractivity contribution in [2.24, 2.45) is 0 Å². The summed E-state index contributed by atoms with van der Waals surface area (Å²) in [5, 5.41) is 6.96. The van der Waals surface area contributed by atoms with Crippen molar-refractivity contribution in [2.75, 3.05) is 6.54 Å². The zero-order valence-electron chi connectivity index (χ0n) is 12.9. The number of nitrogens with zero attached hydrogens (tertiary/aromatic N) is 1. The van der Waals surface area contributed by atoms with Gasteiger partial charge in [-0.1, -0.05) is 29.8 Å². The van der Waals surface area contributed by atoms with E-state index in [4.69, 9.17) is 23.8 Å². The molecule has 0 radical (unpaired) electrons. The van der Waals surface area contributed by atoms with Crippen molar-refractivity contribution in [2.45, 2.75) is 32.9 Å². The fourth-order valence-electron chi connectivity index (χ4n) is 2.30. The number of nitrogens with one attached hydrogen (secondary N) is 1. The molecule has 1 atom stereocenters. The number of thiophene rings is 1. The second kappa shape index (κ2) is 8.51. The summed E-state index contributed by atoms with van der Waals surface area (Å²) in [5.74, 6) is 0. The maximum absolute atomic E-state index is 5.97. The van der Waals surface area contributed by atoms with Gasteiger partial charge in [-0.2, -0.15) is 0 Å². The van der Waals surface area contributed by atoms with Gasteiger partial charge >= 0.3 is 0 Å². The molecular formula is C17H21ClN2S2. The number of benzene rings is 1. The molecule has 2 nitrogen and oxygen atoms in total. The smallest absolute Gasteiger partial charge is 0.169 e. The zero-order valence-corrected chi connectivity index (χ0v) is 15.3. The summed E-state index contributed by atoms with van der Waals surface area (Å²) in [5.41, 5.74) is 1.21. The molecule has 1 N–H and O–H groups in total. The summed E-state index contributed by atoms with van der Waals surface area (Å²) < 4.78 is 0. The van der Waals surface area contributed by atoms with Gasteiger partial charge in [-0.3, -0.25) is 0 Å². The van der Waals surface area contributed by atoms with E-state index in [2.05, 4.69) is 53.7 Å². The molecule has 0 unspecified atom stereocenters. The zero-order chi connectivity index (χ0) is 15.9. The number of thiocarbonyl (C=S) groups is 1. The van der Waals surface area contributed by atoms with E-state index in [0.717, 1.165) is 29.6 Å². The first-order valence-corrected chi connectivity index (χ1v) is 9.08. The second-order valence-electron chi connectivity index (χ2n) is 5.22. The highest BCUT2D eigenvalue weighted by Gasteiger charge is 2.18. The molecule has 0 spiro atoms. The van der Waals surface area contributed by atoms with Crippen LogP contribution < -0.4 is 5.32 Å². The van der Waals surface area contributed by atoms with Gasteiger partial charge in [0.05, 0.1) is 0 Å². The van der Waals surface area contributed by atoms with E-state index in [1.54, 1.807) is 11.3 Å². The van der Waals surface area contributed by atoms with Crippen LogP contribution in [0, 0.1) is 0 Å². The van der Waals surface area contributed by atoms with Gasteiger partial charge in [-0.15, -0.1) is 11.3 Å². The van der Waals surface area contributed by atoms with Crippen molar-refractivity contribution >= 4 is 40.3 Å². The third kappa shape index (κ3) is 4.97. The van der Waals surface area contributed by atoms with Crippen LogP contribution in [0.2, 0.25) is 5.02 Å². The first kappa shape index (κ1) is 17.3. The number of halogens is 1. The van der Waals surface area contributed by atoms with Crippen LogP contribution in [-0.4, -0.2) is 22.6 Å². The van der Waals surface area contributed by atoms with Crippen molar-refractivity contribution in [3.05, 3.63) is 57.2 Å². The summed E-state index contributed by atoms with van der Waals surface area (Å²) in [7, 11) is 0. The highest BCUT2D eigenvalue weighted by molar-refractivity contribution is 7.80. The Labute approximate surface area is 147 Å². The van der Waals surface area contributed by atoms with Gasteiger partial charge in [-0.25, -0.2) is 0 Å². The summed E-state index contributed by atoms with van der Waals surface area (Å²) >= 11 is 13.3. The molecule has 0 amide bonds. The summed E-state index contributed by atoms with van der Waals surface area (Å²) in [6.07, 6.45) is 0.997. The molecule has 118 valence electrons. The van der Waals surface area contributed by atoms with E-state index in [9.17, 15) is 0 Å². The van der Waals surface area contributed by atoms with Crippen LogP contribution in [0.25, 0.3) is 0 Å². The van der Waals surface area contributed by atoms with Crippen molar-refractivity contribution in [1.29, 1.82) is 0 Å². The van der Waals surface area contributed by atoms with Crippen LogP contribution in [0.5, 0.6) is 0 Å². The van der Waals surface area contributed by atoms with E-state index in [1.807, 2.05) is 12.1 Å². The fraction of sp³-hybridized carbons (Fsp3) is 0.353. The van der Waals surface area contributed by atoms with E-state index in [1.165, 1.54) is 10.4 Å². The molecule has 1 heterocycles. The van der Waals surface area contributed by atoms with Crippen LogP contribution in [0.4, 0.5) is 0 Å². The first-order chi connectivity index (χ1) is 10.6. The minimum absolute atomic E-state index is 0.334. The minimum atomic E-state index is 0.334. The monoisotopic (exact) mass is 352 g/mol. The van der Waals surface area contributed by atoms with Gasteiger partial charge in [0.15, 0.2) is 5.11 Å². The third-order valence-electron chi connectivity index (χ3n) is 3.46. The Kier molecular flexibility index (Phi) is 6.68. The van der Waals surface area contributed by atoms with Crippen molar-refractivity contribution < 1.29 is 0 Å². The largest absolute Gasteiger partial charge is 0.363 e. The number of hydrogen-bond donors (Lipinski definition) is 1. The molecule has 0 bridgehead atoms. The maximum atomic E-state index is 5.97. The van der Waals surface area contributed by atoms with E-state index >= 15 is 0 Å². The van der Waals surface area contributed by atoms with Crippen LogP contribution in [0.3, 0.4) is 0 Å². The highest BCUT2D eigenvalue weighted by Crippen LogP contribution is 2.18. The van der Waals surface area contributed by atoms with Crippen molar-refractivity contribution in [3.8, 4) is 0 Å². The Bertz CT molecular complexity index is 581. The standard InChI is InChI=1S/C17H21ClN2S2/c1-3-19-17(21)20(12-14-6-8-15(18)9-7-14)13(2)11-16-5-4-10-22-16/h4-10,13H,3,11-12H2,1-2H3,(H,19,21)/t13-/m1/s1. The van der Waals surface area contributed by atoms with Gasteiger partial charge < -0.3 is 10.2 Å². The van der Waals surface area contributed by atoms with Crippen LogP contribution >= 0.6 is 35.2 Å². The molecular weight excluding hydrogens is 332 g/mol. The Hall–Kier alpha value is -1.10. The molecule has 5 heteroatoms. The normalized spacial score (nSPS) is 12.0. The molecule has 1 aromatic carbocycles. The quantitative estimate of drug-likeness (QED) is 0.756. The van der Waals surface area contributed by atoms with Gasteiger partial charge in [0.1, 0.15) is 0 Å². The summed E-state index contributed by atoms with van der Waals surface area (Å²) in [4.78, 5) is 3.63. The number of hydrogen-bond acceptors (Lipinski definition) is 2. The first-order valence-electron chi connectivity index (χ1n) is 7.41. The highest BCUT2D eigenvalue weighted by atomic mass is 35.5. The van der Waals surface area contributed by atoms with Gasteiger partial charge in [0, 0.05) is 35.5 Å². The fourth-order valence-corrected chi connectivity index (χ4v) is 3.64. The van der Waals surface area contributed by atoms with Crippen LogP contribution in [0.15, 0.2) is 41.8 Å². The number of rotatable bonds is 6. The molecule has 0 aliphatic heterocycles. The topological polar surface area (TPSA) is 15.3 Å². The van der Waals surface area contributed by atoms with E-state index < -0.39 is 0 Å². The minimum Gasteiger partial charge on any atom is -0.363 e. The van der Waals surface area contributed by atoms with Gasteiger partial charge in [0.25, 0.3) is 0 Å². The lowest BCUT2D eigenvalue weighted by Gasteiger charge is -2.32. The maximum Gasteiger partial charge on any atom is 0.169 e. The SMILES string of the molecule is CCNC(=S)N(Cc1ccc(Cl)cc1)[C@H](C)Cc1cccs1. The Morgan fingerprint density at radius 2 is 2.05 bits per heavy atom. The average Bonchev–Trinajstić information content (AvgIpc) is 2.99. The lowest BCUT2D eigenvalue weighted by molar-refractivity contribution is 0.318. The summed E-state index contributed by atoms with van der Waals surface area (Å²) in [6.45, 7) is 5.91. The molecule has 22 heavy (non-hydrogen) atoms. The molecule has 2 aromatic rings. The predicted octanol–water partition coefficient (Wildman–Crippen LogP) is 4.73. The molecule has 1 aromatic heterocycles. The van der Waals surface area contributed by atoms with Gasteiger partial charge in [0.2, 0.25) is 0 Å². The Morgan fingerprint density at radius 1 is 1.32 bits per heavy atom. The second-order valence-corrected chi connectivity index (χ2v) is 7.08.